The van der Waals surface area contributed by atoms with E-state index in [1.807, 2.05) is 30.7 Å². The number of rotatable bonds is 3. The first-order valence-corrected chi connectivity index (χ1v) is 7.96. The Labute approximate surface area is 142 Å². The fourth-order valence-electron chi connectivity index (χ4n) is 2.38. The van der Waals surface area contributed by atoms with Crippen molar-refractivity contribution < 1.29 is 0 Å². The van der Waals surface area contributed by atoms with Gasteiger partial charge in [-0.05, 0) is 13.0 Å². The Balaban J connectivity index is 1.94. The molecule has 118 valence electrons. The topological polar surface area (TPSA) is 117 Å². The zero-order valence-electron chi connectivity index (χ0n) is 13.1. The second-order valence-electron chi connectivity index (χ2n) is 5.22. The van der Waals surface area contributed by atoms with Crippen molar-refractivity contribution in [3.05, 3.63) is 41.5 Å². The summed E-state index contributed by atoms with van der Waals surface area (Å²) in [6.07, 6.45) is 3.54. The van der Waals surface area contributed by atoms with Crippen molar-refractivity contribution in [2.24, 2.45) is 7.05 Å². The van der Waals surface area contributed by atoms with Crippen LogP contribution in [-0.4, -0.2) is 19.5 Å². The average Bonchev–Trinajstić information content (AvgIpc) is 2.89. The van der Waals surface area contributed by atoms with Crippen LogP contribution in [0.3, 0.4) is 0 Å². The molecule has 1 atom stereocenters. The molecule has 0 radical (unpaired) electrons. The van der Waals surface area contributed by atoms with Crippen LogP contribution in [-0.2, 0) is 7.05 Å². The minimum atomic E-state index is -0.0607. The first-order chi connectivity index (χ1) is 11.5. The van der Waals surface area contributed by atoms with Gasteiger partial charge in [0.15, 0.2) is 5.16 Å². The first-order valence-electron chi connectivity index (χ1n) is 7.08. The van der Waals surface area contributed by atoms with Crippen LogP contribution in [0.25, 0.3) is 10.9 Å². The van der Waals surface area contributed by atoms with Gasteiger partial charge < -0.3 is 10.3 Å². The Bertz CT molecular complexity index is 1010. The number of nitrogens with zero attached hydrogens (tertiary/aromatic N) is 6. The van der Waals surface area contributed by atoms with E-state index in [0.29, 0.717) is 10.7 Å². The molecule has 2 N–H and O–H groups in total. The predicted molar refractivity (Wildman–Crippen MR) is 90.9 cm³/mol. The highest BCUT2D eigenvalue weighted by atomic mass is 32.2. The summed E-state index contributed by atoms with van der Waals surface area (Å²) in [6, 6.07) is 7.50. The number of aryl methyl sites for hydroxylation is 1. The van der Waals surface area contributed by atoms with E-state index in [0.717, 1.165) is 16.6 Å². The maximum atomic E-state index is 9.25. The lowest BCUT2D eigenvalue weighted by Gasteiger charge is -2.10. The fourth-order valence-corrected chi connectivity index (χ4v) is 3.25. The van der Waals surface area contributed by atoms with E-state index in [2.05, 4.69) is 21.0 Å². The lowest BCUT2D eigenvalue weighted by Crippen LogP contribution is -2.00. The van der Waals surface area contributed by atoms with Crippen LogP contribution in [0.2, 0.25) is 0 Å². The molecule has 1 unspecified atom stereocenters. The van der Waals surface area contributed by atoms with Crippen molar-refractivity contribution in [3.8, 4) is 12.1 Å². The number of hydrogen-bond acceptors (Lipinski definition) is 7. The van der Waals surface area contributed by atoms with Crippen molar-refractivity contribution in [3.63, 3.8) is 0 Å². The standard InChI is InChI=1S/C16H13N7S/c1-9(24-16-21-11(6-18)3-15(19)22-16)13-4-12-10(5-17)8-23(2)14(12)7-20-13/h3-4,7-9H,1-2H3,(H2,19,21,22). The molecule has 3 rings (SSSR count). The smallest absolute Gasteiger partial charge is 0.191 e. The second-order valence-corrected chi connectivity index (χ2v) is 6.53. The third-order valence-corrected chi connectivity index (χ3v) is 4.54. The molecular formula is C16H13N7S. The Morgan fingerprint density at radius 3 is 2.75 bits per heavy atom. The fraction of sp³-hybridized carbons (Fsp3) is 0.188. The number of aromatic nitrogens is 4. The van der Waals surface area contributed by atoms with Gasteiger partial charge in [0.25, 0.3) is 0 Å². The van der Waals surface area contributed by atoms with Gasteiger partial charge in [-0.2, -0.15) is 10.5 Å². The molecule has 3 aromatic rings. The number of nitriles is 2. The highest BCUT2D eigenvalue weighted by molar-refractivity contribution is 7.99. The Morgan fingerprint density at radius 2 is 2.04 bits per heavy atom. The highest BCUT2D eigenvalue weighted by Crippen LogP contribution is 2.33. The van der Waals surface area contributed by atoms with Crippen molar-refractivity contribution in [1.82, 2.24) is 19.5 Å². The molecule has 0 aliphatic carbocycles. The number of pyridine rings is 1. The van der Waals surface area contributed by atoms with Gasteiger partial charge in [0, 0.05) is 24.7 Å². The van der Waals surface area contributed by atoms with Gasteiger partial charge in [-0.25, -0.2) is 9.97 Å². The van der Waals surface area contributed by atoms with Crippen LogP contribution in [0.4, 0.5) is 5.82 Å². The van der Waals surface area contributed by atoms with E-state index in [4.69, 9.17) is 11.0 Å². The largest absolute Gasteiger partial charge is 0.384 e. The molecule has 0 saturated heterocycles. The summed E-state index contributed by atoms with van der Waals surface area (Å²) in [5, 5.41) is 19.4. The summed E-state index contributed by atoms with van der Waals surface area (Å²) in [5.74, 6) is 0.259. The number of nitrogen functional groups attached to an aromatic ring is 1. The van der Waals surface area contributed by atoms with Gasteiger partial charge in [0.1, 0.15) is 23.7 Å². The van der Waals surface area contributed by atoms with Crippen LogP contribution in [0, 0.1) is 22.7 Å². The predicted octanol–water partition coefficient (Wildman–Crippen LogP) is 2.54. The Kier molecular flexibility index (Phi) is 4.07. The van der Waals surface area contributed by atoms with Crippen molar-refractivity contribution in [2.45, 2.75) is 17.3 Å². The number of anilines is 1. The Hall–Kier alpha value is -3.10. The number of thioether (sulfide) groups is 1. The summed E-state index contributed by atoms with van der Waals surface area (Å²) < 4.78 is 1.88. The molecular weight excluding hydrogens is 322 g/mol. The summed E-state index contributed by atoms with van der Waals surface area (Å²) in [7, 11) is 1.88. The third-order valence-electron chi connectivity index (χ3n) is 3.56. The summed E-state index contributed by atoms with van der Waals surface area (Å²) in [4.78, 5) is 12.8. The summed E-state index contributed by atoms with van der Waals surface area (Å²) in [6.45, 7) is 1.96. The van der Waals surface area contributed by atoms with Gasteiger partial charge in [-0.15, -0.1) is 0 Å². The first kappa shape index (κ1) is 15.8. The molecule has 0 fully saturated rings. The van der Waals surface area contributed by atoms with E-state index in [-0.39, 0.29) is 16.8 Å². The van der Waals surface area contributed by atoms with Crippen LogP contribution in [0.5, 0.6) is 0 Å². The van der Waals surface area contributed by atoms with Crippen molar-refractivity contribution in [2.75, 3.05) is 5.73 Å². The van der Waals surface area contributed by atoms with Crippen LogP contribution >= 0.6 is 11.8 Å². The van der Waals surface area contributed by atoms with E-state index in [1.165, 1.54) is 17.8 Å². The summed E-state index contributed by atoms with van der Waals surface area (Å²) in [5.41, 5.74) is 8.25. The van der Waals surface area contributed by atoms with Crippen molar-refractivity contribution in [1.29, 1.82) is 10.5 Å². The van der Waals surface area contributed by atoms with Gasteiger partial charge >= 0.3 is 0 Å². The normalized spacial score (nSPS) is 11.8. The number of hydrogen-bond donors (Lipinski definition) is 1. The second kappa shape index (κ2) is 6.19. The van der Waals surface area contributed by atoms with E-state index >= 15 is 0 Å². The average molecular weight is 335 g/mol. The lowest BCUT2D eigenvalue weighted by atomic mass is 10.2. The van der Waals surface area contributed by atoms with Gasteiger partial charge in [-0.3, -0.25) is 4.98 Å². The maximum absolute atomic E-state index is 9.25. The molecule has 0 bridgehead atoms. The van der Waals surface area contributed by atoms with Gasteiger partial charge in [0.2, 0.25) is 0 Å². The monoisotopic (exact) mass is 335 g/mol. The minimum Gasteiger partial charge on any atom is -0.384 e. The number of nitrogens with two attached hydrogens (primary N) is 1. The highest BCUT2D eigenvalue weighted by Gasteiger charge is 2.15. The quantitative estimate of drug-likeness (QED) is 0.577. The van der Waals surface area contributed by atoms with Crippen LogP contribution < -0.4 is 5.73 Å². The van der Waals surface area contributed by atoms with E-state index in [9.17, 15) is 5.26 Å². The third kappa shape index (κ3) is 2.87. The van der Waals surface area contributed by atoms with Gasteiger partial charge in [-0.1, -0.05) is 11.8 Å². The lowest BCUT2D eigenvalue weighted by molar-refractivity contribution is 0.932. The van der Waals surface area contributed by atoms with Gasteiger partial charge in [0.05, 0.1) is 28.2 Å². The molecule has 0 aromatic carbocycles. The zero-order valence-corrected chi connectivity index (χ0v) is 13.9. The minimum absolute atomic E-state index is 0.0607. The van der Waals surface area contributed by atoms with E-state index in [1.54, 1.807) is 12.4 Å². The molecule has 8 heteroatoms. The molecule has 3 heterocycles. The molecule has 0 aliphatic rings. The molecule has 0 aliphatic heterocycles. The zero-order chi connectivity index (χ0) is 17.3. The molecule has 0 spiro atoms. The van der Waals surface area contributed by atoms with E-state index < -0.39 is 0 Å². The SMILES string of the molecule is CC(Sc1nc(N)cc(C#N)n1)c1cc2c(C#N)cn(C)c2cn1. The number of fused-ring (bicyclic) bond motifs is 1. The van der Waals surface area contributed by atoms with Crippen LogP contribution in [0.15, 0.2) is 29.7 Å². The molecule has 7 nitrogen and oxygen atoms in total. The van der Waals surface area contributed by atoms with Crippen molar-refractivity contribution >= 4 is 28.5 Å². The maximum Gasteiger partial charge on any atom is 0.191 e. The van der Waals surface area contributed by atoms with Crippen LogP contribution in [0.1, 0.15) is 29.1 Å². The molecule has 24 heavy (non-hydrogen) atoms. The summed E-state index contributed by atoms with van der Waals surface area (Å²) >= 11 is 1.36. The molecule has 0 saturated carbocycles. The Morgan fingerprint density at radius 1 is 1.25 bits per heavy atom. The molecule has 3 aromatic heterocycles. The molecule has 0 amide bonds.